The van der Waals surface area contributed by atoms with Gasteiger partial charge in [-0.1, -0.05) is 0 Å². The van der Waals surface area contributed by atoms with E-state index in [1.165, 1.54) is 12.4 Å². The third-order valence-corrected chi connectivity index (χ3v) is 6.10. The van der Waals surface area contributed by atoms with E-state index < -0.39 is 12.0 Å². The van der Waals surface area contributed by atoms with Crippen LogP contribution in [0.1, 0.15) is 30.4 Å². The minimum Gasteiger partial charge on any atom is -0.485 e. The molecule has 1 aliphatic carbocycles. The number of aromatic nitrogens is 3. The van der Waals surface area contributed by atoms with Gasteiger partial charge in [0, 0.05) is 37.7 Å². The van der Waals surface area contributed by atoms with E-state index in [9.17, 15) is 14.0 Å². The van der Waals surface area contributed by atoms with Crippen molar-refractivity contribution >= 4 is 34.2 Å². The summed E-state index contributed by atoms with van der Waals surface area (Å²) >= 11 is 0. The normalized spacial score (nSPS) is 18.9. The second kappa shape index (κ2) is 9.33. The topological polar surface area (TPSA) is 146 Å². The zero-order valence-electron chi connectivity index (χ0n) is 19.4. The van der Waals surface area contributed by atoms with Crippen molar-refractivity contribution in [2.75, 3.05) is 30.9 Å². The molecule has 0 bridgehead atoms. The summed E-state index contributed by atoms with van der Waals surface area (Å²) in [6, 6.07) is 5.22. The molecule has 1 saturated carbocycles. The Labute approximate surface area is 205 Å². The number of halogens is 2. The molecule has 1 atom stereocenters. The van der Waals surface area contributed by atoms with Crippen LogP contribution < -0.4 is 25.8 Å². The number of nitrogens with zero attached hydrogens (tertiary/aromatic N) is 4. The number of fused-ring (bicyclic) bond motifs is 2. The summed E-state index contributed by atoms with van der Waals surface area (Å²) in [6.07, 6.45) is 4.38. The van der Waals surface area contributed by atoms with Gasteiger partial charge in [0.25, 0.3) is 0 Å². The summed E-state index contributed by atoms with van der Waals surface area (Å²) in [5.74, 6) is -1.26. The molecule has 0 saturated heterocycles. The maximum Gasteiger partial charge on any atom is 0.250 e. The molecule has 36 heavy (non-hydrogen) atoms. The van der Waals surface area contributed by atoms with Gasteiger partial charge in [-0.3, -0.25) is 4.99 Å². The molecule has 1 fully saturated rings. The van der Waals surface area contributed by atoms with Gasteiger partial charge in [-0.15, -0.1) is 0 Å². The van der Waals surface area contributed by atoms with Crippen molar-refractivity contribution in [2.24, 2.45) is 10.7 Å². The lowest BCUT2D eigenvalue weighted by Gasteiger charge is -2.24. The first-order valence-corrected chi connectivity index (χ1v) is 11.4. The number of alkyl halides is 2. The second-order valence-corrected chi connectivity index (χ2v) is 8.48. The van der Waals surface area contributed by atoms with Gasteiger partial charge in [-0.05, 0) is 30.8 Å². The summed E-state index contributed by atoms with van der Waals surface area (Å²) < 4.78 is 39.4. The van der Waals surface area contributed by atoms with E-state index in [-0.39, 0.29) is 18.8 Å². The van der Waals surface area contributed by atoms with E-state index in [2.05, 4.69) is 36.6 Å². The van der Waals surface area contributed by atoms with Crippen LogP contribution in [0.25, 0.3) is 11.0 Å². The van der Waals surface area contributed by atoms with E-state index in [0.29, 0.717) is 70.5 Å². The van der Waals surface area contributed by atoms with Gasteiger partial charge in [-0.25, -0.2) is 8.78 Å². The van der Waals surface area contributed by atoms with Gasteiger partial charge < -0.3 is 30.8 Å². The first kappa shape index (κ1) is 23.3. The zero-order valence-corrected chi connectivity index (χ0v) is 19.4. The lowest BCUT2D eigenvalue weighted by Crippen LogP contribution is -2.20. The molecule has 1 aromatic carbocycles. The largest absolute Gasteiger partial charge is 0.485 e. The Bertz CT molecular complexity index is 1410. The Hall–Kier alpha value is -4.40. The number of benzene rings is 1. The van der Waals surface area contributed by atoms with Crippen LogP contribution in [0.4, 0.5) is 26.2 Å². The standard InChI is InChI=1S/C24H24F2N8O2/c1-29-16(5-7-27)15-2-3-17(20-19(15)35-8-9-36-20)32-23-33-21-18(13(11-28)12-30-21)22(34-23)31-14-4-6-24(25,26)10-14/h2-3,5,7,12,14H,4,6,8-10,27H2,1H3,(H3,30,31,32,33,34). The van der Waals surface area contributed by atoms with Crippen molar-refractivity contribution in [3.63, 3.8) is 0 Å². The quantitative estimate of drug-likeness (QED) is 0.378. The van der Waals surface area contributed by atoms with Crippen LogP contribution in [0.5, 0.6) is 11.5 Å². The molecule has 0 spiro atoms. The first-order chi connectivity index (χ1) is 17.4. The van der Waals surface area contributed by atoms with Gasteiger partial charge in [0.05, 0.1) is 22.3 Å². The van der Waals surface area contributed by atoms with Crippen LogP contribution in [-0.4, -0.2) is 52.9 Å². The number of nitrogens with one attached hydrogen (secondary N) is 3. The highest BCUT2D eigenvalue weighted by molar-refractivity contribution is 6.11. The van der Waals surface area contributed by atoms with Gasteiger partial charge in [-0.2, -0.15) is 15.2 Å². The average Bonchev–Trinajstić information content (AvgIpc) is 3.45. The number of nitriles is 1. The van der Waals surface area contributed by atoms with Crippen LogP contribution in [-0.2, 0) is 0 Å². The third-order valence-electron chi connectivity index (χ3n) is 6.10. The van der Waals surface area contributed by atoms with Crippen LogP contribution in [0, 0.1) is 11.3 Å². The number of aromatic amines is 1. The highest BCUT2D eigenvalue weighted by Crippen LogP contribution is 2.42. The third kappa shape index (κ3) is 4.35. The smallest absolute Gasteiger partial charge is 0.250 e. The number of hydrogen-bond donors (Lipinski definition) is 4. The van der Waals surface area contributed by atoms with E-state index in [1.54, 1.807) is 19.2 Å². The lowest BCUT2D eigenvalue weighted by molar-refractivity contribution is 0.00852. The number of anilines is 3. The van der Waals surface area contributed by atoms with Crippen molar-refractivity contribution in [3.8, 4) is 17.6 Å². The summed E-state index contributed by atoms with van der Waals surface area (Å²) in [6.45, 7) is 0.718. The van der Waals surface area contributed by atoms with Crippen molar-refractivity contribution in [3.05, 3.63) is 41.7 Å². The van der Waals surface area contributed by atoms with E-state index in [1.807, 2.05) is 6.07 Å². The second-order valence-electron chi connectivity index (χ2n) is 8.48. The fourth-order valence-corrected chi connectivity index (χ4v) is 4.48. The molecule has 0 amide bonds. The molecule has 186 valence electrons. The molecule has 5 rings (SSSR count). The number of rotatable bonds is 6. The lowest BCUT2D eigenvalue weighted by atomic mass is 10.1. The minimum absolute atomic E-state index is 0.191. The SMILES string of the molecule is CN=C(C=CN)c1ccc(Nc2nc(NC3CCC(F)(F)C3)c3c(C#N)c[nH]c3n2)c2c1OCCO2. The Morgan fingerprint density at radius 3 is 2.81 bits per heavy atom. The Morgan fingerprint density at radius 2 is 2.11 bits per heavy atom. The van der Waals surface area contributed by atoms with Crippen molar-refractivity contribution in [1.29, 1.82) is 5.26 Å². The van der Waals surface area contributed by atoms with E-state index in [0.717, 1.165) is 0 Å². The van der Waals surface area contributed by atoms with Gasteiger partial charge in [0.15, 0.2) is 11.5 Å². The van der Waals surface area contributed by atoms with Crippen molar-refractivity contribution in [1.82, 2.24) is 15.0 Å². The number of ether oxygens (including phenoxy) is 2. The van der Waals surface area contributed by atoms with Crippen LogP contribution in [0.3, 0.4) is 0 Å². The average molecular weight is 495 g/mol. The minimum atomic E-state index is -2.72. The zero-order chi connectivity index (χ0) is 25.3. The molecule has 2 aliphatic rings. The molecule has 1 aliphatic heterocycles. The van der Waals surface area contributed by atoms with Gasteiger partial charge in [0.1, 0.15) is 30.7 Å². The molecule has 10 nitrogen and oxygen atoms in total. The maximum absolute atomic E-state index is 13.8. The molecule has 12 heteroatoms. The predicted octanol–water partition coefficient (Wildman–Crippen LogP) is 3.84. The van der Waals surface area contributed by atoms with Crippen LogP contribution >= 0.6 is 0 Å². The molecule has 1 unspecified atom stereocenters. The molecule has 0 radical (unpaired) electrons. The molecule has 3 heterocycles. The molecular formula is C24H24F2N8O2. The summed E-state index contributed by atoms with van der Waals surface area (Å²) in [5.41, 5.74) is 8.16. The Balaban J connectivity index is 1.53. The fraction of sp³-hybridized carbons (Fsp3) is 0.333. The van der Waals surface area contributed by atoms with Crippen LogP contribution in [0.15, 0.2) is 35.6 Å². The predicted molar refractivity (Wildman–Crippen MR) is 131 cm³/mol. The number of nitrogens with two attached hydrogens (primary N) is 1. The Morgan fingerprint density at radius 1 is 1.31 bits per heavy atom. The highest BCUT2D eigenvalue weighted by Gasteiger charge is 2.39. The number of H-pyrrole nitrogens is 1. The Kier molecular flexibility index (Phi) is 6.05. The number of aliphatic imine (C=N–C) groups is 1. The first-order valence-electron chi connectivity index (χ1n) is 11.4. The molecule has 5 N–H and O–H groups in total. The molecule has 3 aromatic rings. The summed E-state index contributed by atoms with van der Waals surface area (Å²) in [4.78, 5) is 16.3. The van der Waals surface area contributed by atoms with Gasteiger partial charge in [0.2, 0.25) is 11.9 Å². The number of hydrogen-bond acceptors (Lipinski definition) is 9. The maximum atomic E-state index is 13.8. The molecular weight excluding hydrogens is 470 g/mol. The van der Waals surface area contributed by atoms with Crippen molar-refractivity contribution < 1.29 is 18.3 Å². The van der Waals surface area contributed by atoms with Crippen LogP contribution in [0.2, 0.25) is 0 Å². The summed E-state index contributed by atoms with van der Waals surface area (Å²) in [5, 5.41) is 16.2. The monoisotopic (exact) mass is 494 g/mol. The van der Waals surface area contributed by atoms with Crippen molar-refractivity contribution in [2.45, 2.75) is 31.2 Å². The van der Waals surface area contributed by atoms with Gasteiger partial charge >= 0.3 is 0 Å². The summed E-state index contributed by atoms with van der Waals surface area (Å²) in [7, 11) is 1.65. The fourth-order valence-electron chi connectivity index (χ4n) is 4.48. The highest BCUT2D eigenvalue weighted by atomic mass is 19.3. The van der Waals surface area contributed by atoms with E-state index in [4.69, 9.17) is 15.2 Å². The van der Waals surface area contributed by atoms with E-state index >= 15 is 0 Å². The molecule has 2 aromatic heterocycles. The number of allylic oxidation sites excluding steroid dienone is 1.